The number of halogens is 2. The fourth-order valence-corrected chi connectivity index (χ4v) is 1.29. The van der Waals surface area contributed by atoms with Crippen LogP contribution in [-0.2, 0) is 21.7 Å². The van der Waals surface area contributed by atoms with E-state index in [2.05, 4.69) is 32.2 Å². The second-order valence-electron chi connectivity index (χ2n) is 4.20. The van der Waals surface area contributed by atoms with Gasteiger partial charge in [0.15, 0.2) is 0 Å². The van der Waals surface area contributed by atoms with Gasteiger partial charge in [-0.1, -0.05) is 42.9 Å². The maximum atomic E-state index is 10.5. The molecule has 6 heteroatoms. The summed E-state index contributed by atoms with van der Waals surface area (Å²) in [4.78, 5) is 10.5. The molecule has 2 radical (unpaired) electrons. The minimum absolute atomic E-state index is 0. The van der Waals surface area contributed by atoms with Crippen molar-refractivity contribution in [2.75, 3.05) is 0 Å². The third kappa shape index (κ3) is 16.1. The molecule has 0 saturated heterocycles. The Morgan fingerprint density at radius 3 is 2.00 bits per heavy atom. The smallest absolute Gasteiger partial charge is 1.00 e. The van der Waals surface area contributed by atoms with Crippen LogP contribution in [0.3, 0.4) is 0 Å². The molecule has 1 amide bonds. The van der Waals surface area contributed by atoms with Crippen LogP contribution in [0, 0.1) is 13.0 Å². The maximum Gasteiger partial charge on any atom is 4.00 e. The van der Waals surface area contributed by atoms with Gasteiger partial charge in [-0.2, -0.15) is 6.08 Å². The Balaban J connectivity index is -0.000000118. The number of rotatable bonds is 1. The van der Waals surface area contributed by atoms with Crippen LogP contribution < -0.4 is 24.8 Å². The van der Waals surface area contributed by atoms with Crippen molar-refractivity contribution in [2.24, 2.45) is 0 Å². The minimum Gasteiger partial charge on any atom is -1.00 e. The van der Waals surface area contributed by atoms with Crippen molar-refractivity contribution in [1.29, 1.82) is 0 Å². The van der Waals surface area contributed by atoms with Gasteiger partial charge < -0.3 is 35.3 Å². The van der Waals surface area contributed by atoms with Crippen LogP contribution in [0.2, 0.25) is 13.1 Å². The topological polar surface area (TPSA) is 40.9 Å². The quantitative estimate of drug-likeness (QED) is 0.433. The first-order chi connectivity index (χ1) is 9.01. The van der Waals surface area contributed by atoms with Crippen molar-refractivity contribution < 1.29 is 51.3 Å². The first kappa shape index (κ1) is 29.7. The van der Waals surface area contributed by atoms with Crippen molar-refractivity contribution in [2.45, 2.75) is 33.4 Å². The van der Waals surface area contributed by atoms with E-state index in [1.54, 1.807) is 18.2 Å². The van der Waals surface area contributed by atoms with Gasteiger partial charge in [-0.15, -0.1) is 13.3 Å². The van der Waals surface area contributed by atoms with Gasteiger partial charge in [0.25, 0.3) is 0 Å². The number of hydrogen-bond donors (Lipinski definition) is 0. The summed E-state index contributed by atoms with van der Waals surface area (Å²) in [7, 11) is 1.08. The second-order valence-corrected chi connectivity index (χ2v) is 5.20. The normalized spacial score (nSPS) is 10.1. The standard InChI is InChI=1S/C8H9NO.C6H7.C2H6Si.2ClH.Ti/c1-6-3-2-4-7(5-6)8(9)10;1-6-4-2-3-5-6;1-3-2;;;/h2-5H,1H3,(H2,9,10);4-5H,2H2,1H3;1-2H3;2*1H;/q;-1;;;;+4/p-3. The van der Waals surface area contributed by atoms with Gasteiger partial charge in [0.2, 0.25) is 0 Å². The molecule has 0 aliphatic heterocycles. The van der Waals surface area contributed by atoms with Crippen molar-refractivity contribution in [3.63, 3.8) is 0 Å². The molecule has 0 aromatic heterocycles. The average Bonchev–Trinajstić information content (AvgIpc) is 2.82. The molecule has 0 saturated carbocycles. The Bertz CT molecular complexity index is 462. The molecule has 22 heavy (non-hydrogen) atoms. The third-order valence-electron chi connectivity index (χ3n) is 2.15. The maximum absolute atomic E-state index is 10.5. The van der Waals surface area contributed by atoms with E-state index in [1.165, 1.54) is 5.57 Å². The van der Waals surface area contributed by atoms with E-state index in [9.17, 15) is 4.79 Å². The molecule has 0 spiro atoms. The molecule has 0 unspecified atom stereocenters. The van der Waals surface area contributed by atoms with Crippen LogP contribution in [0.4, 0.5) is 0 Å². The molecule has 118 valence electrons. The summed E-state index contributed by atoms with van der Waals surface area (Å²) in [5, 5.41) is 0. The van der Waals surface area contributed by atoms with Crippen LogP contribution in [-0.4, -0.2) is 15.4 Å². The van der Waals surface area contributed by atoms with E-state index in [0.29, 0.717) is 5.56 Å². The van der Waals surface area contributed by atoms with Crippen molar-refractivity contribution >= 4 is 15.4 Å². The zero-order chi connectivity index (χ0) is 14.7. The summed E-state index contributed by atoms with van der Waals surface area (Å²) in [6, 6.07) is 7.02. The van der Waals surface area contributed by atoms with E-state index in [1.807, 2.05) is 19.1 Å². The van der Waals surface area contributed by atoms with Gasteiger partial charge in [-0.3, -0.25) is 6.08 Å². The van der Waals surface area contributed by atoms with E-state index in [4.69, 9.17) is 5.73 Å². The molecule has 1 aliphatic rings. The summed E-state index contributed by atoms with van der Waals surface area (Å²) in [5.41, 5.74) is 9.59. The van der Waals surface area contributed by atoms with Crippen molar-refractivity contribution in [3.05, 3.63) is 64.9 Å². The predicted molar refractivity (Wildman–Crippen MR) is 83.5 cm³/mol. The molecule has 1 aliphatic carbocycles. The molecule has 0 atom stereocenters. The Labute approximate surface area is 164 Å². The van der Waals surface area contributed by atoms with E-state index in [0.717, 1.165) is 21.5 Å². The molecule has 2 nitrogen and oxygen atoms in total. The first-order valence-electron chi connectivity index (χ1n) is 6.15. The minimum atomic E-state index is -0.622. The number of carbonyl (C=O) groups excluding carboxylic acids is 1. The average molecular weight is 390 g/mol. The predicted octanol–water partition coefficient (Wildman–Crippen LogP) is -1.32. The second kappa shape index (κ2) is 18.7. The molecule has 1 N–H and O–H groups in total. The molecule has 0 heterocycles. The SMILES string of the molecule is CC1=CC[C-]=C1.C[Si]C.Cc1cccc(C([NH-])=O)c1.[Cl-].[Cl-].[Ti+4]. The summed E-state index contributed by atoms with van der Waals surface area (Å²) < 4.78 is 0. The number of nitrogens with one attached hydrogen (secondary N) is 1. The Hall–Kier alpha value is -0.319. The Morgan fingerprint density at radius 1 is 1.23 bits per heavy atom. The van der Waals surface area contributed by atoms with E-state index in [-0.39, 0.29) is 46.5 Å². The number of amides is 1. The van der Waals surface area contributed by atoms with E-state index < -0.39 is 5.91 Å². The van der Waals surface area contributed by atoms with Gasteiger partial charge in [-0.25, -0.2) is 11.6 Å². The summed E-state index contributed by atoms with van der Waals surface area (Å²) in [5.74, 6) is -0.622. The summed E-state index contributed by atoms with van der Waals surface area (Å²) in [6.45, 7) is 8.28. The van der Waals surface area contributed by atoms with Crippen molar-refractivity contribution in [1.82, 2.24) is 0 Å². The molecule has 0 bridgehead atoms. The number of benzene rings is 1. The summed E-state index contributed by atoms with van der Waals surface area (Å²) in [6.07, 6.45) is 8.24. The largest absolute Gasteiger partial charge is 4.00 e. The molecule has 1 aromatic carbocycles. The van der Waals surface area contributed by atoms with Gasteiger partial charge >= 0.3 is 21.7 Å². The van der Waals surface area contributed by atoms with E-state index >= 15 is 0 Å². The van der Waals surface area contributed by atoms with Gasteiger partial charge in [0.05, 0.1) is 5.91 Å². The molecular weight excluding hydrogens is 369 g/mol. The number of aryl methyl sites for hydroxylation is 1. The summed E-state index contributed by atoms with van der Waals surface area (Å²) >= 11 is 0. The van der Waals surface area contributed by atoms with Gasteiger partial charge in [-0.05, 0) is 12.5 Å². The van der Waals surface area contributed by atoms with Crippen LogP contribution in [0.25, 0.3) is 5.73 Å². The zero-order valence-corrected chi connectivity index (χ0v) is 17.4. The first-order valence-corrected chi connectivity index (χ1v) is 8.15. The van der Waals surface area contributed by atoms with Crippen LogP contribution in [0.15, 0.2) is 42.0 Å². The number of hydrogen-bond acceptors (Lipinski definition) is 1. The molecule has 0 fully saturated rings. The number of carbonyl (C=O) groups is 1. The van der Waals surface area contributed by atoms with Gasteiger partial charge in [0.1, 0.15) is 0 Å². The van der Waals surface area contributed by atoms with Crippen LogP contribution >= 0.6 is 0 Å². The zero-order valence-electron chi connectivity index (χ0n) is 13.3. The fraction of sp³-hybridized carbons (Fsp3) is 0.312. The van der Waals surface area contributed by atoms with Crippen LogP contribution in [0.5, 0.6) is 0 Å². The monoisotopic (exact) mass is 389 g/mol. The molecule has 2 rings (SSSR count). The molecular formula is C16H21Cl2NOSiTi. The van der Waals surface area contributed by atoms with Crippen LogP contribution in [0.1, 0.15) is 29.3 Å². The molecule has 1 aromatic rings. The fourth-order valence-electron chi connectivity index (χ4n) is 1.29. The van der Waals surface area contributed by atoms with Gasteiger partial charge in [0, 0.05) is 9.52 Å². The number of allylic oxidation sites excluding steroid dienone is 4. The Morgan fingerprint density at radius 2 is 1.77 bits per heavy atom. The third-order valence-corrected chi connectivity index (χ3v) is 2.15. The van der Waals surface area contributed by atoms with Crippen molar-refractivity contribution in [3.8, 4) is 0 Å². The Kier molecular flexibility index (Phi) is 25.3.